The summed E-state index contributed by atoms with van der Waals surface area (Å²) >= 11 is 0. The summed E-state index contributed by atoms with van der Waals surface area (Å²) < 4.78 is 10.1. The largest absolute Gasteiger partial charge is 0.503 e. The number of ether oxygens (including phenoxy) is 2. The summed E-state index contributed by atoms with van der Waals surface area (Å²) in [5, 5.41) is 41.3. The second-order valence-corrected chi connectivity index (χ2v) is 4.92. The average Bonchev–Trinajstić information content (AvgIpc) is 2.50. The summed E-state index contributed by atoms with van der Waals surface area (Å²) in [7, 11) is 1.32. The van der Waals surface area contributed by atoms with Gasteiger partial charge in [0.2, 0.25) is 0 Å². The van der Waals surface area contributed by atoms with E-state index in [1.54, 1.807) is 0 Å². The van der Waals surface area contributed by atoms with Crippen LogP contribution in [0.5, 0.6) is 11.5 Å². The van der Waals surface area contributed by atoms with Crippen LogP contribution in [0.15, 0.2) is 12.3 Å². The normalized spacial score (nSPS) is 31.6. The van der Waals surface area contributed by atoms with E-state index in [0.29, 0.717) is 0 Å². The van der Waals surface area contributed by atoms with Gasteiger partial charge in [-0.15, -0.1) is 0 Å². The first-order valence-electron chi connectivity index (χ1n) is 6.59. The second kappa shape index (κ2) is 6.44. The predicted molar refractivity (Wildman–Crippen MR) is 72.3 cm³/mol. The number of methoxy groups -OCH3 is 1. The zero-order chi connectivity index (χ0) is 16.4. The monoisotopic (exact) mass is 314 g/mol. The summed E-state index contributed by atoms with van der Waals surface area (Å²) in [5.41, 5.74) is -0.316. The number of hydrogen-bond acceptors (Lipinski definition) is 8. The lowest BCUT2D eigenvalue weighted by molar-refractivity contribution is -0.221. The van der Waals surface area contributed by atoms with Crippen LogP contribution in [-0.4, -0.2) is 69.1 Å². The molecule has 0 aliphatic carbocycles. The lowest BCUT2D eigenvalue weighted by Gasteiger charge is -2.39. The average molecular weight is 314 g/mol. The number of aromatic hydroxyl groups is 1. The molecule has 4 unspecified atom stereocenters. The van der Waals surface area contributed by atoms with E-state index in [0.717, 1.165) is 0 Å². The number of amides is 1. The molecule has 5 atom stereocenters. The van der Waals surface area contributed by atoms with Crippen LogP contribution in [-0.2, 0) is 4.74 Å². The van der Waals surface area contributed by atoms with E-state index >= 15 is 0 Å². The van der Waals surface area contributed by atoms with E-state index in [1.807, 2.05) is 0 Å². The van der Waals surface area contributed by atoms with Crippen LogP contribution in [0, 0.1) is 0 Å². The maximum absolute atomic E-state index is 12.1. The van der Waals surface area contributed by atoms with Gasteiger partial charge < -0.3 is 35.2 Å². The van der Waals surface area contributed by atoms with Gasteiger partial charge in [-0.05, 0) is 6.92 Å². The SMILES string of the molecule is COc1ccnc(C(=O)NC2O[C@@H](C)C(O)C(O)C2O)c1O. The molecule has 2 rings (SSSR count). The number of rotatable bonds is 3. The van der Waals surface area contributed by atoms with Crippen LogP contribution in [0.4, 0.5) is 0 Å². The Kier molecular flexibility index (Phi) is 4.81. The number of nitrogens with one attached hydrogen (secondary N) is 1. The molecule has 5 N–H and O–H groups in total. The Labute approximate surface area is 126 Å². The summed E-state index contributed by atoms with van der Waals surface area (Å²) in [6, 6.07) is 1.38. The van der Waals surface area contributed by atoms with Gasteiger partial charge in [0.25, 0.3) is 5.91 Å². The maximum Gasteiger partial charge on any atom is 0.275 e. The molecule has 0 radical (unpaired) electrons. The Morgan fingerprint density at radius 3 is 2.64 bits per heavy atom. The fraction of sp³-hybridized carbons (Fsp3) is 0.538. The van der Waals surface area contributed by atoms with Gasteiger partial charge in [-0.1, -0.05) is 0 Å². The number of aromatic nitrogens is 1. The second-order valence-electron chi connectivity index (χ2n) is 4.92. The third kappa shape index (κ3) is 2.97. The summed E-state index contributed by atoms with van der Waals surface area (Å²) in [5.74, 6) is -1.22. The molecule has 1 aromatic heterocycles. The maximum atomic E-state index is 12.1. The highest BCUT2D eigenvalue weighted by Crippen LogP contribution is 2.28. The van der Waals surface area contributed by atoms with Crippen LogP contribution < -0.4 is 10.1 Å². The fourth-order valence-electron chi connectivity index (χ4n) is 2.14. The van der Waals surface area contributed by atoms with Crippen molar-refractivity contribution in [3.63, 3.8) is 0 Å². The Bertz CT molecular complexity index is 553. The van der Waals surface area contributed by atoms with Crippen molar-refractivity contribution in [1.29, 1.82) is 0 Å². The number of aliphatic hydroxyl groups is 3. The number of aliphatic hydroxyl groups excluding tert-OH is 3. The highest BCUT2D eigenvalue weighted by Gasteiger charge is 2.42. The minimum absolute atomic E-state index is 0.0640. The molecule has 9 nitrogen and oxygen atoms in total. The molecule has 2 heterocycles. The number of hydrogen-bond donors (Lipinski definition) is 5. The van der Waals surface area contributed by atoms with Crippen molar-refractivity contribution in [3.05, 3.63) is 18.0 Å². The third-order valence-corrected chi connectivity index (χ3v) is 3.45. The van der Waals surface area contributed by atoms with Gasteiger partial charge in [0, 0.05) is 12.3 Å². The first-order valence-corrected chi connectivity index (χ1v) is 6.59. The van der Waals surface area contributed by atoms with E-state index in [1.165, 1.54) is 26.3 Å². The molecule has 1 amide bonds. The highest BCUT2D eigenvalue weighted by molar-refractivity contribution is 5.95. The number of carbonyl (C=O) groups is 1. The molecule has 1 aromatic rings. The van der Waals surface area contributed by atoms with Crippen molar-refractivity contribution in [3.8, 4) is 11.5 Å². The van der Waals surface area contributed by atoms with E-state index < -0.39 is 42.3 Å². The van der Waals surface area contributed by atoms with Crippen LogP contribution in [0.3, 0.4) is 0 Å². The van der Waals surface area contributed by atoms with Crippen molar-refractivity contribution in [2.75, 3.05) is 7.11 Å². The highest BCUT2D eigenvalue weighted by atomic mass is 16.5. The fourth-order valence-corrected chi connectivity index (χ4v) is 2.14. The topological polar surface area (TPSA) is 141 Å². The number of pyridine rings is 1. The van der Waals surface area contributed by atoms with Gasteiger partial charge in [0.15, 0.2) is 23.4 Å². The van der Waals surface area contributed by atoms with Gasteiger partial charge in [-0.2, -0.15) is 0 Å². The standard InChI is InChI=1S/C13H18N2O7/c1-5-8(16)10(18)11(19)13(22-5)15-12(20)7-9(17)6(21-2)3-4-14-7/h3-5,8,10-11,13,16-19H,1-2H3,(H,15,20)/t5-,8?,10?,11?,13?/m0/s1. The first kappa shape index (κ1) is 16.4. The molecular formula is C13H18N2O7. The van der Waals surface area contributed by atoms with Crippen molar-refractivity contribution in [2.24, 2.45) is 0 Å². The van der Waals surface area contributed by atoms with Crippen molar-refractivity contribution in [1.82, 2.24) is 10.3 Å². The molecule has 1 fully saturated rings. The first-order chi connectivity index (χ1) is 10.4. The Morgan fingerprint density at radius 2 is 2.00 bits per heavy atom. The van der Waals surface area contributed by atoms with Crippen LogP contribution in [0.25, 0.3) is 0 Å². The molecule has 1 aliphatic rings. The lowest BCUT2D eigenvalue weighted by Crippen LogP contribution is -2.61. The van der Waals surface area contributed by atoms with Crippen molar-refractivity contribution < 1.29 is 34.7 Å². The molecule has 0 bridgehead atoms. The van der Waals surface area contributed by atoms with Crippen molar-refractivity contribution >= 4 is 5.91 Å². The smallest absolute Gasteiger partial charge is 0.275 e. The van der Waals surface area contributed by atoms with E-state index in [-0.39, 0.29) is 11.4 Å². The Balaban J connectivity index is 2.15. The summed E-state index contributed by atoms with van der Waals surface area (Å²) in [4.78, 5) is 15.9. The molecule has 122 valence electrons. The molecule has 22 heavy (non-hydrogen) atoms. The predicted octanol–water partition coefficient (Wildman–Crippen LogP) is -1.65. The van der Waals surface area contributed by atoms with Gasteiger partial charge in [-0.3, -0.25) is 4.79 Å². The molecular weight excluding hydrogens is 296 g/mol. The van der Waals surface area contributed by atoms with Gasteiger partial charge in [0.05, 0.1) is 13.2 Å². The quantitative estimate of drug-likeness (QED) is 0.447. The van der Waals surface area contributed by atoms with Crippen LogP contribution in [0.1, 0.15) is 17.4 Å². The lowest BCUT2D eigenvalue weighted by atomic mass is 9.99. The number of carbonyl (C=O) groups excluding carboxylic acids is 1. The van der Waals surface area contributed by atoms with Gasteiger partial charge in [-0.25, -0.2) is 4.98 Å². The van der Waals surface area contributed by atoms with E-state index in [2.05, 4.69) is 10.3 Å². The zero-order valence-corrected chi connectivity index (χ0v) is 12.0. The van der Waals surface area contributed by atoms with Crippen LogP contribution >= 0.6 is 0 Å². The minimum Gasteiger partial charge on any atom is -0.503 e. The number of nitrogens with zero attached hydrogens (tertiary/aromatic N) is 1. The summed E-state index contributed by atoms with van der Waals surface area (Å²) in [6.45, 7) is 1.49. The van der Waals surface area contributed by atoms with E-state index in [9.17, 15) is 25.2 Å². The minimum atomic E-state index is -1.53. The van der Waals surface area contributed by atoms with Crippen LogP contribution in [0.2, 0.25) is 0 Å². The van der Waals surface area contributed by atoms with Gasteiger partial charge in [0.1, 0.15) is 18.3 Å². The molecule has 0 spiro atoms. The molecule has 0 aromatic carbocycles. The third-order valence-electron chi connectivity index (χ3n) is 3.45. The zero-order valence-electron chi connectivity index (χ0n) is 12.0. The molecule has 9 heteroatoms. The van der Waals surface area contributed by atoms with Gasteiger partial charge >= 0.3 is 0 Å². The molecule has 0 saturated carbocycles. The molecule has 1 aliphatic heterocycles. The van der Waals surface area contributed by atoms with E-state index in [4.69, 9.17) is 9.47 Å². The molecule has 1 saturated heterocycles. The Hall–Kier alpha value is -1.94. The van der Waals surface area contributed by atoms with Crippen molar-refractivity contribution in [2.45, 2.75) is 37.6 Å². The summed E-state index contributed by atoms with van der Waals surface area (Å²) in [6.07, 6.45) is -5.05. The Morgan fingerprint density at radius 1 is 1.32 bits per heavy atom.